The Kier molecular flexibility index (Phi) is 5.36. The first-order chi connectivity index (χ1) is 11.5. The van der Waals surface area contributed by atoms with Gasteiger partial charge in [-0.3, -0.25) is 9.48 Å². The third kappa shape index (κ3) is 3.87. The Balaban J connectivity index is 1.66. The highest BCUT2D eigenvalue weighted by molar-refractivity contribution is 9.10. The molecule has 1 aromatic carbocycles. The van der Waals surface area contributed by atoms with Gasteiger partial charge in [0.2, 0.25) is 0 Å². The van der Waals surface area contributed by atoms with Gasteiger partial charge in [0.25, 0.3) is 5.91 Å². The van der Waals surface area contributed by atoms with E-state index in [4.69, 9.17) is 4.74 Å². The maximum Gasteiger partial charge on any atom is 0.251 e. The van der Waals surface area contributed by atoms with Crippen molar-refractivity contribution >= 4 is 21.8 Å². The first kappa shape index (κ1) is 17.2. The van der Waals surface area contributed by atoms with Crippen LogP contribution in [0.15, 0.2) is 28.7 Å². The number of amides is 1. The van der Waals surface area contributed by atoms with Crippen molar-refractivity contribution in [3.8, 4) is 0 Å². The van der Waals surface area contributed by atoms with E-state index in [0.717, 1.165) is 40.9 Å². The van der Waals surface area contributed by atoms with Crippen LogP contribution in [-0.2, 0) is 11.3 Å². The Morgan fingerprint density at radius 3 is 2.96 bits per heavy atom. The minimum atomic E-state index is -0.0538. The predicted octanol–water partition coefficient (Wildman–Crippen LogP) is 3.22. The molecule has 1 aromatic heterocycles. The molecule has 0 bridgehead atoms. The van der Waals surface area contributed by atoms with E-state index in [9.17, 15) is 4.79 Å². The van der Waals surface area contributed by atoms with Gasteiger partial charge in [0.1, 0.15) is 0 Å². The van der Waals surface area contributed by atoms with Gasteiger partial charge < -0.3 is 10.1 Å². The quantitative estimate of drug-likeness (QED) is 0.850. The molecular formula is C18H22BrN3O2. The van der Waals surface area contributed by atoms with Gasteiger partial charge in [-0.2, -0.15) is 5.10 Å². The summed E-state index contributed by atoms with van der Waals surface area (Å²) in [6, 6.07) is 7.69. The Morgan fingerprint density at radius 1 is 1.46 bits per heavy atom. The standard InChI is InChI=1S/C18H22BrN3O2/c1-12-17(19)13(2)22(21-12)11-14-5-3-6-15(9-14)18(23)20-10-16-7-4-8-24-16/h3,5-6,9,16H,4,7-8,10-11H2,1-2H3,(H,20,23)/t16-/m1/s1. The minimum absolute atomic E-state index is 0.0538. The van der Waals surface area contributed by atoms with Gasteiger partial charge in [-0.05, 0) is 60.3 Å². The van der Waals surface area contributed by atoms with Gasteiger partial charge in [-0.25, -0.2) is 0 Å². The van der Waals surface area contributed by atoms with Crippen molar-refractivity contribution in [3.05, 3.63) is 51.3 Å². The third-order valence-electron chi connectivity index (χ3n) is 4.33. The lowest BCUT2D eigenvalue weighted by atomic mass is 10.1. The van der Waals surface area contributed by atoms with Crippen molar-refractivity contribution in [3.63, 3.8) is 0 Å². The van der Waals surface area contributed by atoms with Crippen molar-refractivity contribution in [2.24, 2.45) is 0 Å². The number of halogens is 1. The second kappa shape index (κ2) is 7.49. The van der Waals surface area contributed by atoms with Crippen molar-refractivity contribution < 1.29 is 9.53 Å². The molecule has 1 amide bonds. The average Bonchev–Trinajstić information content (AvgIpc) is 3.18. The molecule has 1 N–H and O–H groups in total. The Hall–Kier alpha value is -1.66. The molecule has 0 radical (unpaired) electrons. The maximum absolute atomic E-state index is 12.3. The molecule has 5 nitrogen and oxygen atoms in total. The van der Waals surface area contributed by atoms with Crippen molar-refractivity contribution in [2.45, 2.75) is 39.3 Å². The lowest BCUT2D eigenvalue weighted by molar-refractivity contribution is 0.0857. The molecule has 1 aliphatic heterocycles. The van der Waals surface area contributed by atoms with Crippen LogP contribution >= 0.6 is 15.9 Å². The van der Waals surface area contributed by atoms with E-state index in [1.54, 1.807) is 0 Å². The second-order valence-electron chi connectivity index (χ2n) is 6.19. The Bertz CT molecular complexity index is 736. The first-order valence-electron chi connectivity index (χ1n) is 8.23. The van der Waals surface area contributed by atoms with Gasteiger partial charge in [0.05, 0.1) is 28.5 Å². The van der Waals surface area contributed by atoms with Crippen LogP contribution in [-0.4, -0.2) is 34.9 Å². The summed E-state index contributed by atoms with van der Waals surface area (Å²) in [4.78, 5) is 12.3. The van der Waals surface area contributed by atoms with Gasteiger partial charge in [-0.15, -0.1) is 0 Å². The Labute approximate surface area is 150 Å². The van der Waals surface area contributed by atoms with Gasteiger partial charge >= 0.3 is 0 Å². The molecule has 2 heterocycles. The number of rotatable bonds is 5. The van der Waals surface area contributed by atoms with E-state index >= 15 is 0 Å². The van der Waals surface area contributed by atoms with E-state index < -0.39 is 0 Å². The summed E-state index contributed by atoms with van der Waals surface area (Å²) in [5.74, 6) is -0.0538. The lowest BCUT2D eigenvalue weighted by Gasteiger charge is -2.11. The molecule has 128 valence electrons. The molecule has 1 saturated heterocycles. The SMILES string of the molecule is Cc1nn(Cc2cccc(C(=O)NC[C@H]3CCCO3)c2)c(C)c1Br. The van der Waals surface area contributed by atoms with Gasteiger partial charge in [-0.1, -0.05) is 12.1 Å². The van der Waals surface area contributed by atoms with Gasteiger partial charge in [0, 0.05) is 18.7 Å². The minimum Gasteiger partial charge on any atom is -0.376 e. The largest absolute Gasteiger partial charge is 0.376 e. The number of carbonyl (C=O) groups is 1. The van der Waals surface area contributed by atoms with Gasteiger partial charge in [0.15, 0.2) is 0 Å². The topological polar surface area (TPSA) is 56.2 Å². The highest BCUT2D eigenvalue weighted by Gasteiger charge is 2.17. The molecule has 0 spiro atoms. The van der Waals surface area contributed by atoms with Crippen molar-refractivity contribution in [1.29, 1.82) is 0 Å². The van der Waals surface area contributed by atoms with Crippen LogP contribution in [0.4, 0.5) is 0 Å². The highest BCUT2D eigenvalue weighted by Crippen LogP contribution is 2.21. The number of nitrogens with zero attached hydrogens (tertiary/aromatic N) is 2. The van der Waals surface area contributed by atoms with Crippen LogP contribution in [0.25, 0.3) is 0 Å². The Morgan fingerprint density at radius 2 is 2.29 bits per heavy atom. The van der Waals surface area contributed by atoms with Crippen LogP contribution in [0.3, 0.4) is 0 Å². The molecule has 0 unspecified atom stereocenters. The summed E-state index contributed by atoms with van der Waals surface area (Å²) >= 11 is 3.54. The number of aryl methyl sites for hydroxylation is 1. The fourth-order valence-electron chi connectivity index (χ4n) is 2.93. The number of aromatic nitrogens is 2. The van der Waals surface area contributed by atoms with Crippen LogP contribution in [0.1, 0.15) is 40.2 Å². The third-order valence-corrected chi connectivity index (χ3v) is 5.48. The maximum atomic E-state index is 12.3. The number of nitrogens with one attached hydrogen (secondary N) is 1. The summed E-state index contributed by atoms with van der Waals surface area (Å²) in [6.45, 7) is 6.03. The second-order valence-corrected chi connectivity index (χ2v) is 6.98. The zero-order chi connectivity index (χ0) is 17.1. The van der Waals surface area contributed by atoms with E-state index in [-0.39, 0.29) is 12.0 Å². The van der Waals surface area contributed by atoms with Crippen LogP contribution in [0, 0.1) is 13.8 Å². The van der Waals surface area contributed by atoms with E-state index in [1.165, 1.54) is 0 Å². The molecular weight excluding hydrogens is 370 g/mol. The van der Waals surface area contributed by atoms with E-state index in [0.29, 0.717) is 18.7 Å². The number of hydrogen-bond donors (Lipinski definition) is 1. The molecule has 0 saturated carbocycles. The highest BCUT2D eigenvalue weighted by atomic mass is 79.9. The summed E-state index contributed by atoms with van der Waals surface area (Å²) in [7, 11) is 0. The fraction of sp³-hybridized carbons (Fsp3) is 0.444. The van der Waals surface area contributed by atoms with Crippen molar-refractivity contribution in [1.82, 2.24) is 15.1 Å². The molecule has 2 aromatic rings. The summed E-state index contributed by atoms with van der Waals surface area (Å²) < 4.78 is 8.52. The number of benzene rings is 1. The smallest absolute Gasteiger partial charge is 0.251 e. The van der Waals surface area contributed by atoms with Crippen molar-refractivity contribution in [2.75, 3.05) is 13.2 Å². The van der Waals surface area contributed by atoms with Crippen LogP contribution in [0.2, 0.25) is 0 Å². The fourth-order valence-corrected chi connectivity index (χ4v) is 3.21. The van der Waals surface area contributed by atoms with E-state index in [1.807, 2.05) is 42.8 Å². The predicted molar refractivity (Wildman–Crippen MR) is 96.3 cm³/mol. The molecule has 6 heteroatoms. The normalized spacial score (nSPS) is 17.2. The number of hydrogen-bond acceptors (Lipinski definition) is 3. The monoisotopic (exact) mass is 391 g/mol. The first-order valence-corrected chi connectivity index (χ1v) is 9.02. The summed E-state index contributed by atoms with van der Waals surface area (Å²) in [5.41, 5.74) is 3.78. The lowest BCUT2D eigenvalue weighted by Crippen LogP contribution is -2.31. The zero-order valence-electron chi connectivity index (χ0n) is 14.0. The average molecular weight is 392 g/mol. The number of ether oxygens (including phenoxy) is 1. The number of carbonyl (C=O) groups excluding carboxylic acids is 1. The summed E-state index contributed by atoms with van der Waals surface area (Å²) in [5, 5.41) is 7.48. The molecule has 1 atom stereocenters. The van der Waals surface area contributed by atoms with Crippen LogP contribution in [0.5, 0.6) is 0 Å². The summed E-state index contributed by atoms with van der Waals surface area (Å²) in [6.07, 6.45) is 2.26. The molecule has 1 aliphatic rings. The van der Waals surface area contributed by atoms with E-state index in [2.05, 4.69) is 26.3 Å². The molecule has 1 fully saturated rings. The zero-order valence-corrected chi connectivity index (χ0v) is 15.6. The molecule has 24 heavy (non-hydrogen) atoms. The molecule has 3 rings (SSSR count). The van der Waals surface area contributed by atoms with Crippen LogP contribution < -0.4 is 5.32 Å². The molecule has 0 aliphatic carbocycles.